The van der Waals surface area contributed by atoms with Gasteiger partial charge in [0.2, 0.25) is 5.91 Å². The van der Waals surface area contributed by atoms with Crippen LogP contribution in [0, 0.1) is 0 Å². The third kappa shape index (κ3) is 5.19. The zero-order valence-electron chi connectivity index (χ0n) is 10.7. The lowest BCUT2D eigenvalue weighted by Crippen LogP contribution is -2.26. The summed E-state index contributed by atoms with van der Waals surface area (Å²) in [4.78, 5) is 11.3. The van der Waals surface area contributed by atoms with E-state index >= 15 is 0 Å². The van der Waals surface area contributed by atoms with Gasteiger partial charge in [-0.15, -0.1) is 0 Å². The van der Waals surface area contributed by atoms with Crippen LogP contribution in [0.2, 0.25) is 0 Å². The van der Waals surface area contributed by atoms with Gasteiger partial charge >= 0.3 is 6.18 Å². The van der Waals surface area contributed by atoms with E-state index < -0.39 is 11.7 Å². The van der Waals surface area contributed by atoms with Gasteiger partial charge in [0.1, 0.15) is 0 Å². The van der Waals surface area contributed by atoms with Crippen molar-refractivity contribution in [3.8, 4) is 0 Å². The van der Waals surface area contributed by atoms with Gasteiger partial charge in [-0.1, -0.05) is 19.1 Å². The van der Waals surface area contributed by atoms with Gasteiger partial charge in [0.15, 0.2) is 0 Å². The number of alkyl halides is 3. The highest BCUT2D eigenvalue weighted by Crippen LogP contribution is 2.34. The van der Waals surface area contributed by atoms with E-state index in [4.69, 9.17) is 0 Å². The van der Waals surface area contributed by atoms with E-state index in [2.05, 4.69) is 10.6 Å². The predicted molar refractivity (Wildman–Crippen MR) is 67.9 cm³/mol. The van der Waals surface area contributed by atoms with Crippen molar-refractivity contribution in [3.63, 3.8) is 0 Å². The monoisotopic (exact) mass is 274 g/mol. The molecule has 0 aliphatic rings. The van der Waals surface area contributed by atoms with Crippen LogP contribution in [-0.2, 0) is 11.0 Å². The van der Waals surface area contributed by atoms with Crippen LogP contribution in [0.15, 0.2) is 24.3 Å². The maximum absolute atomic E-state index is 12.7. The molecule has 1 rings (SSSR count). The fraction of sp³-hybridized carbons (Fsp3) is 0.462. The number of para-hydroxylation sites is 1. The van der Waals surface area contributed by atoms with Gasteiger partial charge in [0.25, 0.3) is 0 Å². The van der Waals surface area contributed by atoms with E-state index in [1.54, 1.807) is 0 Å². The first-order chi connectivity index (χ1) is 8.95. The van der Waals surface area contributed by atoms with Crippen LogP contribution in [0.25, 0.3) is 0 Å². The minimum Gasteiger partial charge on any atom is -0.384 e. The highest BCUT2D eigenvalue weighted by atomic mass is 19.4. The van der Waals surface area contributed by atoms with E-state index in [9.17, 15) is 18.0 Å². The van der Waals surface area contributed by atoms with Crippen LogP contribution in [-0.4, -0.2) is 19.0 Å². The fourth-order valence-corrected chi connectivity index (χ4v) is 1.55. The molecule has 0 aliphatic carbocycles. The molecule has 3 nitrogen and oxygen atoms in total. The van der Waals surface area contributed by atoms with Crippen LogP contribution in [0.3, 0.4) is 0 Å². The largest absolute Gasteiger partial charge is 0.418 e. The summed E-state index contributed by atoms with van der Waals surface area (Å²) in [6.45, 7) is 2.68. The Kier molecular flexibility index (Phi) is 5.66. The molecule has 0 saturated carbocycles. The smallest absolute Gasteiger partial charge is 0.384 e. The lowest BCUT2D eigenvalue weighted by atomic mass is 10.1. The molecule has 0 spiro atoms. The van der Waals surface area contributed by atoms with Gasteiger partial charge in [0, 0.05) is 25.2 Å². The summed E-state index contributed by atoms with van der Waals surface area (Å²) in [5.74, 6) is -0.168. The van der Waals surface area contributed by atoms with Crippen molar-refractivity contribution in [2.24, 2.45) is 0 Å². The molecule has 0 heterocycles. The maximum atomic E-state index is 12.7. The van der Waals surface area contributed by atoms with Crippen molar-refractivity contribution in [1.82, 2.24) is 5.32 Å². The molecule has 0 atom stereocenters. The van der Waals surface area contributed by atoms with Gasteiger partial charge in [-0.05, 0) is 18.6 Å². The average Bonchev–Trinajstić information content (AvgIpc) is 2.35. The van der Waals surface area contributed by atoms with Crippen molar-refractivity contribution >= 4 is 11.6 Å². The van der Waals surface area contributed by atoms with Crippen molar-refractivity contribution in [2.45, 2.75) is 25.9 Å². The molecule has 0 unspecified atom stereocenters. The summed E-state index contributed by atoms with van der Waals surface area (Å²) in [6.07, 6.45) is -3.42. The Balaban J connectivity index is 2.52. The number of hydrogen-bond acceptors (Lipinski definition) is 2. The molecule has 1 amide bonds. The second-order valence-electron chi connectivity index (χ2n) is 4.07. The Hall–Kier alpha value is -1.72. The topological polar surface area (TPSA) is 41.1 Å². The van der Waals surface area contributed by atoms with E-state index in [1.807, 2.05) is 6.92 Å². The first-order valence-electron chi connectivity index (χ1n) is 6.12. The second-order valence-corrected chi connectivity index (χ2v) is 4.07. The molecule has 1 aromatic carbocycles. The zero-order valence-corrected chi connectivity index (χ0v) is 10.7. The fourth-order valence-electron chi connectivity index (χ4n) is 1.55. The Morgan fingerprint density at radius 3 is 2.53 bits per heavy atom. The second kappa shape index (κ2) is 7.01. The lowest BCUT2D eigenvalue weighted by molar-refractivity contribution is -0.137. The van der Waals surface area contributed by atoms with E-state index in [-0.39, 0.29) is 24.6 Å². The van der Waals surface area contributed by atoms with Crippen molar-refractivity contribution in [2.75, 3.05) is 18.4 Å². The Morgan fingerprint density at radius 1 is 1.21 bits per heavy atom. The lowest BCUT2D eigenvalue weighted by Gasteiger charge is -2.14. The van der Waals surface area contributed by atoms with Crippen LogP contribution < -0.4 is 10.6 Å². The number of hydrogen-bond donors (Lipinski definition) is 2. The molecule has 1 aromatic rings. The molecular formula is C13H17F3N2O. The molecule has 0 bridgehead atoms. The summed E-state index contributed by atoms with van der Waals surface area (Å²) in [5, 5.41) is 5.31. The summed E-state index contributed by atoms with van der Waals surface area (Å²) in [5.41, 5.74) is -0.720. The number of nitrogens with one attached hydrogen (secondary N) is 2. The quantitative estimate of drug-likeness (QED) is 0.837. The number of benzene rings is 1. The SMILES string of the molecule is CCCNC(=O)CCNc1ccccc1C(F)(F)F. The van der Waals surface area contributed by atoms with Gasteiger partial charge < -0.3 is 10.6 Å². The van der Waals surface area contributed by atoms with E-state index in [0.717, 1.165) is 12.5 Å². The minimum atomic E-state index is -4.39. The van der Waals surface area contributed by atoms with Crippen LogP contribution in [0.5, 0.6) is 0 Å². The standard InChI is InChI=1S/C13H17F3N2O/c1-2-8-18-12(19)7-9-17-11-6-4-3-5-10(11)13(14,15)16/h3-6,17H,2,7-9H2,1H3,(H,18,19). The summed E-state index contributed by atoms with van der Waals surface area (Å²) in [7, 11) is 0. The average molecular weight is 274 g/mol. The Morgan fingerprint density at radius 2 is 1.89 bits per heavy atom. The molecule has 2 N–H and O–H groups in total. The zero-order chi connectivity index (χ0) is 14.3. The number of carbonyl (C=O) groups is 1. The van der Waals surface area contributed by atoms with Gasteiger partial charge in [-0.25, -0.2) is 0 Å². The molecule has 19 heavy (non-hydrogen) atoms. The number of amides is 1. The van der Waals surface area contributed by atoms with Gasteiger partial charge in [0.05, 0.1) is 5.56 Å². The van der Waals surface area contributed by atoms with Crippen LogP contribution in [0.1, 0.15) is 25.3 Å². The summed E-state index contributed by atoms with van der Waals surface area (Å²) < 4.78 is 38.0. The van der Waals surface area contributed by atoms with Crippen molar-refractivity contribution in [1.29, 1.82) is 0 Å². The van der Waals surface area contributed by atoms with Crippen LogP contribution >= 0.6 is 0 Å². The third-order valence-corrected chi connectivity index (χ3v) is 2.47. The maximum Gasteiger partial charge on any atom is 0.418 e. The summed E-state index contributed by atoms with van der Waals surface area (Å²) in [6, 6.07) is 5.23. The third-order valence-electron chi connectivity index (χ3n) is 2.47. The molecule has 0 radical (unpaired) electrons. The minimum absolute atomic E-state index is 0.00158. The van der Waals surface area contributed by atoms with Crippen molar-refractivity contribution in [3.05, 3.63) is 29.8 Å². The first-order valence-corrected chi connectivity index (χ1v) is 6.12. The normalized spacial score (nSPS) is 11.2. The molecular weight excluding hydrogens is 257 g/mol. The molecule has 106 valence electrons. The number of halogens is 3. The van der Waals surface area contributed by atoms with E-state index in [0.29, 0.717) is 6.54 Å². The summed E-state index contributed by atoms with van der Waals surface area (Å²) >= 11 is 0. The first kappa shape index (κ1) is 15.3. The molecule has 0 aromatic heterocycles. The predicted octanol–water partition coefficient (Wildman–Crippen LogP) is 3.03. The number of anilines is 1. The molecule has 6 heteroatoms. The number of carbonyl (C=O) groups excluding carboxylic acids is 1. The Bertz CT molecular complexity index is 419. The van der Waals surface area contributed by atoms with Crippen LogP contribution in [0.4, 0.5) is 18.9 Å². The number of rotatable bonds is 6. The highest BCUT2D eigenvalue weighted by Gasteiger charge is 2.32. The van der Waals surface area contributed by atoms with Crippen molar-refractivity contribution < 1.29 is 18.0 Å². The Labute approximate surface area is 110 Å². The molecule has 0 saturated heterocycles. The molecule has 0 fully saturated rings. The molecule has 0 aliphatic heterocycles. The van der Waals surface area contributed by atoms with Gasteiger partial charge in [-0.3, -0.25) is 4.79 Å². The van der Waals surface area contributed by atoms with E-state index in [1.165, 1.54) is 18.2 Å². The highest BCUT2D eigenvalue weighted by molar-refractivity contribution is 5.76. The van der Waals surface area contributed by atoms with Gasteiger partial charge in [-0.2, -0.15) is 13.2 Å².